The molecule has 0 aromatic rings. The van der Waals surface area contributed by atoms with Gasteiger partial charge in [0.1, 0.15) is 0 Å². The van der Waals surface area contributed by atoms with Crippen molar-refractivity contribution in [2.24, 2.45) is 0 Å². The highest BCUT2D eigenvalue weighted by atomic mass is 32.2. The van der Waals surface area contributed by atoms with Crippen molar-refractivity contribution in [3.8, 4) is 0 Å². The van der Waals surface area contributed by atoms with E-state index in [0.717, 1.165) is 0 Å². The third-order valence-electron chi connectivity index (χ3n) is 3.18. The standard InChI is InChI=1S/C12H12N2O12S/c1-12(27(21)22,23-10(19)25-13-6(15)2-3-7(13)16)24-11(20)26-14-8(17)4-5-9(14)18/h2-5H2,1H3,(H,21,22)/p-1. The maximum absolute atomic E-state index is 11.6. The van der Waals surface area contributed by atoms with E-state index in [-0.39, 0.29) is 35.8 Å². The highest BCUT2D eigenvalue weighted by Crippen LogP contribution is 2.21. The first-order valence-corrected chi connectivity index (χ1v) is 8.24. The number of ether oxygens (including phenoxy) is 2. The first-order valence-electron chi connectivity index (χ1n) is 7.16. The Labute approximate surface area is 152 Å². The molecule has 0 spiro atoms. The molecule has 148 valence electrons. The Kier molecular flexibility index (Phi) is 5.75. The number of carbonyl (C=O) groups excluding carboxylic acids is 6. The maximum Gasteiger partial charge on any atom is 0.538 e. The van der Waals surface area contributed by atoms with Crippen molar-refractivity contribution in [3.05, 3.63) is 0 Å². The topological polar surface area (TPSA) is 186 Å². The minimum absolute atomic E-state index is 0.0658. The zero-order chi connectivity index (χ0) is 20.4. The lowest BCUT2D eigenvalue weighted by atomic mass is 10.4. The van der Waals surface area contributed by atoms with Crippen LogP contribution in [0.5, 0.6) is 0 Å². The summed E-state index contributed by atoms with van der Waals surface area (Å²) in [6, 6.07) is 0. The molecule has 2 heterocycles. The van der Waals surface area contributed by atoms with E-state index in [2.05, 4.69) is 19.1 Å². The van der Waals surface area contributed by atoms with Crippen molar-refractivity contribution < 1.29 is 56.7 Å². The van der Waals surface area contributed by atoms with Crippen LogP contribution < -0.4 is 0 Å². The predicted molar refractivity (Wildman–Crippen MR) is 74.6 cm³/mol. The number of nitrogens with zero attached hydrogens (tertiary/aromatic N) is 2. The van der Waals surface area contributed by atoms with Gasteiger partial charge >= 0.3 is 17.4 Å². The maximum atomic E-state index is 11.6. The molecule has 0 aliphatic carbocycles. The molecule has 2 rings (SSSR count). The molecular weight excluding hydrogens is 396 g/mol. The molecule has 0 saturated carbocycles. The average Bonchev–Trinajstić information content (AvgIpc) is 3.04. The van der Waals surface area contributed by atoms with Crippen molar-refractivity contribution in [2.75, 3.05) is 0 Å². The van der Waals surface area contributed by atoms with E-state index in [1.54, 1.807) is 0 Å². The molecular formula is C12H11N2O12S-. The number of hydroxylamine groups is 4. The van der Waals surface area contributed by atoms with Crippen LogP contribution in [0, 0.1) is 0 Å². The molecule has 2 aliphatic rings. The Morgan fingerprint density at radius 1 is 0.852 bits per heavy atom. The van der Waals surface area contributed by atoms with Crippen LogP contribution in [0.2, 0.25) is 0 Å². The summed E-state index contributed by atoms with van der Waals surface area (Å²) in [5.74, 6) is -3.47. The molecule has 1 atom stereocenters. The Bertz CT molecular complexity index is 665. The van der Waals surface area contributed by atoms with Gasteiger partial charge in [-0.1, -0.05) is 10.1 Å². The molecule has 0 aromatic heterocycles. The van der Waals surface area contributed by atoms with Crippen molar-refractivity contribution in [1.82, 2.24) is 10.1 Å². The van der Waals surface area contributed by atoms with E-state index < -0.39 is 52.1 Å². The van der Waals surface area contributed by atoms with Gasteiger partial charge in [0, 0.05) is 43.7 Å². The molecule has 2 fully saturated rings. The minimum atomic E-state index is -3.42. The van der Waals surface area contributed by atoms with Gasteiger partial charge < -0.3 is 14.0 Å². The molecule has 0 aromatic carbocycles. The fraction of sp³-hybridized carbons (Fsp3) is 0.500. The molecule has 15 heteroatoms. The smallest absolute Gasteiger partial charge is 0.538 e. The first kappa shape index (κ1) is 20.2. The Morgan fingerprint density at radius 2 is 1.15 bits per heavy atom. The number of amides is 4. The second-order valence-electron chi connectivity index (χ2n) is 5.15. The highest BCUT2D eigenvalue weighted by molar-refractivity contribution is 7.80. The van der Waals surface area contributed by atoms with Gasteiger partial charge in [0.05, 0.1) is 0 Å². The Hall–Kier alpha value is -3.07. The van der Waals surface area contributed by atoms with E-state index >= 15 is 0 Å². The zero-order valence-electron chi connectivity index (χ0n) is 13.5. The quantitative estimate of drug-likeness (QED) is 0.234. The van der Waals surface area contributed by atoms with Gasteiger partial charge in [-0.2, -0.15) is 0 Å². The van der Waals surface area contributed by atoms with Crippen molar-refractivity contribution in [2.45, 2.75) is 37.7 Å². The van der Waals surface area contributed by atoms with Crippen LogP contribution in [0.1, 0.15) is 32.6 Å². The number of hydrogen-bond donors (Lipinski definition) is 0. The third kappa shape index (κ3) is 4.56. The van der Waals surface area contributed by atoms with Crippen LogP contribution in [0.25, 0.3) is 0 Å². The predicted octanol–water partition coefficient (Wildman–Crippen LogP) is -1.03. The number of imide groups is 2. The second kappa shape index (κ2) is 7.67. The van der Waals surface area contributed by atoms with Gasteiger partial charge in [0.25, 0.3) is 23.6 Å². The van der Waals surface area contributed by atoms with Gasteiger partial charge in [-0.15, -0.1) is 0 Å². The summed E-state index contributed by atoms with van der Waals surface area (Å²) in [5, 5.41) is -2.89. The molecule has 2 saturated heterocycles. The summed E-state index contributed by atoms with van der Waals surface area (Å²) in [7, 11) is 0. The lowest BCUT2D eigenvalue weighted by Gasteiger charge is -2.29. The highest BCUT2D eigenvalue weighted by Gasteiger charge is 2.42. The fourth-order valence-electron chi connectivity index (χ4n) is 1.89. The van der Waals surface area contributed by atoms with Crippen molar-refractivity contribution >= 4 is 47.0 Å². The lowest BCUT2D eigenvalue weighted by molar-refractivity contribution is -0.200. The lowest BCUT2D eigenvalue weighted by Crippen LogP contribution is -2.44. The van der Waals surface area contributed by atoms with E-state index in [1.165, 1.54) is 0 Å². The van der Waals surface area contributed by atoms with Crippen molar-refractivity contribution in [3.63, 3.8) is 0 Å². The molecule has 0 bridgehead atoms. The van der Waals surface area contributed by atoms with E-state index in [9.17, 15) is 37.5 Å². The largest absolute Gasteiger partial charge is 0.767 e. The molecule has 2 aliphatic heterocycles. The molecule has 4 amide bonds. The fourth-order valence-corrected chi connectivity index (χ4v) is 2.17. The molecule has 0 N–H and O–H groups in total. The van der Waals surface area contributed by atoms with Gasteiger partial charge in [0.15, 0.2) is 0 Å². The molecule has 27 heavy (non-hydrogen) atoms. The summed E-state index contributed by atoms with van der Waals surface area (Å²) in [6.45, 7) is 0.583. The molecule has 14 nitrogen and oxygen atoms in total. The van der Waals surface area contributed by atoms with Crippen LogP contribution in [0.15, 0.2) is 0 Å². The SMILES string of the molecule is CC(OC(=O)ON1C(=O)CCC1=O)(OC(=O)ON1C(=O)CCC1=O)S(=O)[O-]. The average molecular weight is 407 g/mol. The zero-order valence-corrected chi connectivity index (χ0v) is 14.3. The number of rotatable bonds is 5. The summed E-state index contributed by atoms with van der Waals surface area (Å²) in [4.78, 5) is 77.1. The minimum Gasteiger partial charge on any atom is -0.767 e. The van der Waals surface area contributed by atoms with Gasteiger partial charge in [0.2, 0.25) is 0 Å². The Balaban J connectivity index is 2.00. The monoisotopic (exact) mass is 407 g/mol. The summed E-state index contributed by atoms with van der Waals surface area (Å²) >= 11 is -3.42. The summed E-state index contributed by atoms with van der Waals surface area (Å²) in [5.41, 5.74) is 0. The van der Waals surface area contributed by atoms with E-state index in [0.29, 0.717) is 6.92 Å². The molecule has 1 unspecified atom stereocenters. The summed E-state index contributed by atoms with van der Waals surface area (Å²) in [6.07, 6.45) is -4.61. The van der Waals surface area contributed by atoms with Crippen molar-refractivity contribution in [1.29, 1.82) is 0 Å². The van der Waals surface area contributed by atoms with Crippen LogP contribution in [-0.4, -0.2) is 59.9 Å². The van der Waals surface area contributed by atoms with E-state index in [1.807, 2.05) is 0 Å². The van der Waals surface area contributed by atoms with Gasteiger partial charge in [-0.05, 0) is 0 Å². The van der Waals surface area contributed by atoms with Crippen LogP contribution >= 0.6 is 0 Å². The van der Waals surface area contributed by atoms with E-state index in [4.69, 9.17) is 0 Å². The Morgan fingerprint density at radius 3 is 1.41 bits per heavy atom. The number of hydrogen-bond acceptors (Lipinski definition) is 12. The second-order valence-corrected chi connectivity index (χ2v) is 6.36. The summed E-state index contributed by atoms with van der Waals surface area (Å²) < 4.78 is 31.2. The normalized spacial score (nSPS) is 18.6. The van der Waals surface area contributed by atoms with Crippen LogP contribution in [-0.2, 0) is 49.4 Å². The third-order valence-corrected chi connectivity index (χ3v) is 3.96. The molecule has 0 radical (unpaired) electrons. The van der Waals surface area contributed by atoms with Crippen LogP contribution in [0.3, 0.4) is 0 Å². The van der Waals surface area contributed by atoms with Crippen LogP contribution in [0.4, 0.5) is 9.59 Å². The van der Waals surface area contributed by atoms with Gasteiger partial charge in [-0.3, -0.25) is 33.1 Å². The number of carbonyl (C=O) groups is 6. The first-order chi connectivity index (χ1) is 12.5. The van der Waals surface area contributed by atoms with Gasteiger partial charge in [-0.25, -0.2) is 9.59 Å².